The molecule has 112 valence electrons. The summed E-state index contributed by atoms with van der Waals surface area (Å²) in [6.07, 6.45) is 1.66. The highest BCUT2D eigenvalue weighted by molar-refractivity contribution is 5.88. The molecule has 1 fully saturated rings. The molecule has 0 radical (unpaired) electrons. The van der Waals surface area contributed by atoms with Crippen molar-refractivity contribution in [2.45, 2.75) is 25.8 Å². The second-order valence-electron chi connectivity index (χ2n) is 5.01. The van der Waals surface area contributed by atoms with Crippen molar-refractivity contribution in [2.75, 3.05) is 13.2 Å². The molecule has 1 aliphatic rings. The number of nitrogens with two attached hydrogens (primary N) is 1. The molecule has 1 heterocycles. The van der Waals surface area contributed by atoms with Gasteiger partial charge in [0.2, 0.25) is 0 Å². The minimum Gasteiger partial charge on any atom is -0.507 e. The number of benzene rings is 1. The molecule has 1 saturated heterocycles. The molecule has 0 saturated carbocycles. The predicted octanol–water partition coefficient (Wildman–Crippen LogP) is 2.25. The maximum atomic E-state index is 11.1. The number of aromatic carboxylic acids is 1. The summed E-state index contributed by atoms with van der Waals surface area (Å²) < 4.78 is 5.29. The number of hydrogen-bond donors (Lipinski definition) is 3. The Morgan fingerprint density at radius 2 is 2.00 bits per heavy atom. The van der Waals surface area contributed by atoms with E-state index >= 15 is 0 Å². The number of hydrogen-bond acceptors (Lipinski definition) is 4. The lowest BCUT2D eigenvalue weighted by Gasteiger charge is -2.28. The molecule has 1 aromatic rings. The van der Waals surface area contributed by atoms with Crippen LogP contribution in [0.25, 0.3) is 0 Å². The van der Waals surface area contributed by atoms with Crippen LogP contribution in [0.1, 0.15) is 40.4 Å². The Morgan fingerprint density at radius 1 is 1.40 bits per heavy atom. The highest BCUT2D eigenvalue weighted by atomic mass is 35.5. The molecule has 0 amide bonds. The number of carbonyl (C=O) groups is 1. The van der Waals surface area contributed by atoms with Gasteiger partial charge in [0.05, 0.1) is 5.56 Å². The van der Waals surface area contributed by atoms with Gasteiger partial charge in [-0.15, -0.1) is 12.4 Å². The third-order valence-electron chi connectivity index (χ3n) is 3.71. The van der Waals surface area contributed by atoms with Crippen LogP contribution in [0.15, 0.2) is 12.1 Å². The molecule has 0 unspecified atom stereocenters. The lowest BCUT2D eigenvalue weighted by atomic mass is 9.86. The van der Waals surface area contributed by atoms with E-state index in [0.717, 1.165) is 12.8 Å². The molecule has 0 aromatic heterocycles. The third-order valence-corrected chi connectivity index (χ3v) is 3.71. The van der Waals surface area contributed by atoms with Crippen molar-refractivity contribution >= 4 is 18.4 Å². The zero-order valence-electron chi connectivity index (χ0n) is 11.3. The molecule has 6 heteroatoms. The summed E-state index contributed by atoms with van der Waals surface area (Å²) in [4.78, 5) is 11.1. The topological polar surface area (TPSA) is 92.8 Å². The van der Waals surface area contributed by atoms with E-state index < -0.39 is 5.97 Å². The van der Waals surface area contributed by atoms with Crippen LogP contribution in [-0.4, -0.2) is 29.4 Å². The number of carboxylic acids is 1. The minimum absolute atomic E-state index is 0. The zero-order chi connectivity index (χ0) is 14.0. The number of phenols is 1. The summed E-state index contributed by atoms with van der Waals surface area (Å²) in [5.74, 6) is -0.699. The smallest absolute Gasteiger partial charge is 0.335 e. The first kappa shape index (κ1) is 16.8. The molecule has 0 aliphatic carbocycles. The highest BCUT2D eigenvalue weighted by Gasteiger charge is 2.25. The maximum absolute atomic E-state index is 11.1. The van der Waals surface area contributed by atoms with Crippen LogP contribution in [-0.2, 0) is 4.74 Å². The first-order valence-electron chi connectivity index (χ1n) is 6.41. The molecule has 0 bridgehead atoms. The summed E-state index contributed by atoms with van der Waals surface area (Å²) >= 11 is 0. The normalized spacial score (nSPS) is 17.3. The maximum Gasteiger partial charge on any atom is 0.335 e. The molecule has 1 aliphatic heterocycles. The van der Waals surface area contributed by atoms with E-state index in [0.29, 0.717) is 24.3 Å². The average molecular weight is 302 g/mol. The van der Waals surface area contributed by atoms with Gasteiger partial charge in [-0.3, -0.25) is 0 Å². The van der Waals surface area contributed by atoms with Gasteiger partial charge in [0, 0.05) is 24.8 Å². The number of halogens is 1. The molecule has 5 nitrogen and oxygen atoms in total. The van der Waals surface area contributed by atoms with E-state index in [9.17, 15) is 9.90 Å². The third kappa shape index (κ3) is 3.42. The SMILES string of the molecule is Cc1cc(C(=O)O)cc([C@@H](N)C2CCOCC2)c1O.Cl. The molecular weight excluding hydrogens is 282 g/mol. The second kappa shape index (κ2) is 6.92. The van der Waals surface area contributed by atoms with Crippen LogP contribution in [0, 0.1) is 12.8 Å². The van der Waals surface area contributed by atoms with Crippen LogP contribution >= 0.6 is 12.4 Å². The van der Waals surface area contributed by atoms with Crippen molar-refractivity contribution in [3.05, 3.63) is 28.8 Å². The molecule has 2 rings (SSSR count). The van der Waals surface area contributed by atoms with Crippen molar-refractivity contribution in [2.24, 2.45) is 11.7 Å². The summed E-state index contributed by atoms with van der Waals surface area (Å²) in [5, 5.41) is 19.2. The van der Waals surface area contributed by atoms with Crippen LogP contribution in [0.3, 0.4) is 0 Å². The fourth-order valence-corrected chi connectivity index (χ4v) is 2.51. The van der Waals surface area contributed by atoms with Gasteiger partial charge < -0.3 is 20.7 Å². The highest BCUT2D eigenvalue weighted by Crippen LogP contribution is 2.35. The summed E-state index contributed by atoms with van der Waals surface area (Å²) in [5.41, 5.74) is 7.42. The van der Waals surface area contributed by atoms with Gasteiger partial charge in [-0.05, 0) is 43.4 Å². The number of ether oxygens (including phenoxy) is 1. The van der Waals surface area contributed by atoms with Crippen LogP contribution in [0.5, 0.6) is 5.75 Å². The molecule has 4 N–H and O–H groups in total. The Balaban J connectivity index is 0.00000200. The Bertz CT molecular complexity index is 486. The standard InChI is InChI=1S/C14H19NO4.ClH/c1-8-6-10(14(17)18)7-11(13(8)16)12(15)9-2-4-19-5-3-9;/h6-7,9,12,16H,2-5,15H2,1H3,(H,17,18);1H/t12-;/m0./s1. The molecule has 20 heavy (non-hydrogen) atoms. The van der Waals surface area contributed by atoms with Crippen LogP contribution < -0.4 is 5.73 Å². The number of phenolic OH excluding ortho intramolecular Hbond substituents is 1. The number of rotatable bonds is 3. The Hall–Kier alpha value is -1.30. The quantitative estimate of drug-likeness (QED) is 0.796. The van der Waals surface area contributed by atoms with Crippen molar-refractivity contribution in [1.82, 2.24) is 0 Å². The van der Waals surface area contributed by atoms with Crippen LogP contribution in [0.2, 0.25) is 0 Å². The van der Waals surface area contributed by atoms with Gasteiger partial charge in [0.25, 0.3) is 0 Å². The molecular formula is C14H20ClNO4. The summed E-state index contributed by atoms with van der Waals surface area (Å²) in [6.45, 7) is 3.01. The molecule has 1 atom stereocenters. The lowest BCUT2D eigenvalue weighted by molar-refractivity contribution is 0.0580. The fourth-order valence-electron chi connectivity index (χ4n) is 2.51. The van der Waals surface area contributed by atoms with E-state index in [4.69, 9.17) is 15.6 Å². The van der Waals surface area contributed by atoms with E-state index in [-0.39, 0.29) is 35.7 Å². The Labute approximate surface area is 124 Å². The summed E-state index contributed by atoms with van der Waals surface area (Å²) in [7, 11) is 0. The van der Waals surface area contributed by atoms with Gasteiger partial charge in [-0.1, -0.05) is 0 Å². The number of aryl methyl sites for hydroxylation is 1. The van der Waals surface area contributed by atoms with Crippen molar-refractivity contribution in [3.8, 4) is 5.75 Å². The van der Waals surface area contributed by atoms with Crippen molar-refractivity contribution < 1.29 is 19.7 Å². The van der Waals surface area contributed by atoms with Crippen molar-refractivity contribution in [1.29, 1.82) is 0 Å². The lowest BCUT2D eigenvalue weighted by Crippen LogP contribution is -2.27. The number of aromatic hydroxyl groups is 1. The van der Waals surface area contributed by atoms with Gasteiger partial charge in [0.15, 0.2) is 0 Å². The second-order valence-corrected chi connectivity index (χ2v) is 5.01. The first-order valence-corrected chi connectivity index (χ1v) is 6.41. The molecule has 0 spiro atoms. The van der Waals surface area contributed by atoms with Gasteiger partial charge in [-0.2, -0.15) is 0 Å². The number of carboxylic acid groups (broad SMARTS) is 1. The largest absolute Gasteiger partial charge is 0.507 e. The molecule has 1 aromatic carbocycles. The van der Waals surface area contributed by atoms with E-state index in [1.807, 2.05) is 0 Å². The summed E-state index contributed by atoms with van der Waals surface area (Å²) in [6, 6.07) is 2.57. The van der Waals surface area contributed by atoms with Gasteiger partial charge in [-0.25, -0.2) is 4.79 Å². The zero-order valence-corrected chi connectivity index (χ0v) is 12.2. The van der Waals surface area contributed by atoms with Crippen LogP contribution in [0.4, 0.5) is 0 Å². The Morgan fingerprint density at radius 3 is 2.55 bits per heavy atom. The predicted molar refractivity (Wildman–Crippen MR) is 77.5 cm³/mol. The van der Waals surface area contributed by atoms with Gasteiger partial charge in [0.1, 0.15) is 5.75 Å². The average Bonchev–Trinajstić information content (AvgIpc) is 2.41. The monoisotopic (exact) mass is 301 g/mol. The van der Waals surface area contributed by atoms with Gasteiger partial charge >= 0.3 is 5.97 Å². The Kier molecular flexibility index (Phi) is 5.80. The first-order chi connectivity index (χ1) is 9.00. The minimum atomic E-state index is -1.01. The van der Waals surface area contributed by atoms with Crippen molar-refractivity contribution in [3.63, 3.8) is 0 Å². The van der Waals surface area contributed by atoms with E-state index in [1.165, 1.54) is 12.1 Å². The van der Waals surface area contributed by atoms with E-state index in [2.05, 4.69) is 0 Å². The fraction of sp³-hybridized carbons (Fsp3) is 0.500. The van der Waals surface area contributed by atoms with E-state index in [1.54, 1.807) is 6.92 Å².